The van der Waals surface area contributed by atoms with Crippen LogP contribution in [0, 0.1) is 0 Å². The van der Waals surface area contributed by atoms with Crippen LogP contribution in [0.4, 0.5) is 13.2 Å². The number of carboxylic acids is 1. The van der Waals surface area contributed by atoms with Gasteiger partial charge in [-0.25, -0.2) is 9.78 Å². The van der Waals surface area contributed by atoms with Gasteiger partial charge in [-0.1, -0.05) is 0 Å². The summed E-state index contributed by atoms with van der Waals surface area (Å²) in [6.07, 6.45) is -3.70. The van der Waals surface area contributed by atoms with Gasteiger partial charge >= 0.3 is 12.1 Å². The summed E-state index contributed by atoms with van der Waals surface area (Å²) in [6.45, 7) is 0. The van der Waals surface area contributed by atoms with E-state index >= 15 is 0 Å². The van der Waals surface area contributed by atoms with E-state index in [0.29, 0.717) is 5.69 Å². The fourth-order valence-electron chi connectivity index (χ4n) is 1.73. The summed E-state index contributed by atoms with van der Waals surface area (Å²) < 4.78 is 41.5. The lowest BCUT2D eigenvalue weighted by Gasteiger charge is -2.15. The van der Waals surface area contributed by atoms with Crippen LogP contribution in [0.1, 0.15) is 41.4 Å². The van der Waals surface area contributed by atoms with E-state index in [9.17, 15) is 22.8 Å². The zero-order valence-corrected chi connectivity index (χ0v) is 10.1. The first kappa shape index (κ1) is 14.4. The van der Waals surface area contributed by atoms with Crippen molar-refractivity contribution in [3.05, 3.63) is 17.8 Å². The predicted octanol–water partition coefficient (Wildman–Crippen LogP) is 1.69. The third kappa shape index (κ3) is 3.49. The minimum absolute atomic E-state index is 0.0559. The molecule has 2 rings (SSSR count). The molecule has 0 aromatic carbocycles. The molecule has 1 aromatic heterocycles. The van der Waals surface area contributed by atoms with Crippen LogP contribution in [-0.2, 0) is 4.79 Å². The first-order valence-corrected chi connectivity index (χ1v) is 5.81. The molecule has 1 heterocycles. The molecule has 6 nitrogen and oxygen atoms in total. The molecule has 1 fully saturated rings. The van der Waals surface area contributed by atoms with E-state index in [1.807, 2.05) is 0 Å². The number of carbonyl (C=O) groups excluding carboxylic acids is 1. The molecule has 9 heteroatoms. The van der Waals surface area contributed by atoms with Crippen LogP contribution in [0.5, 0.6) is 0 Å². The van der Waals surface area contributed by atoms with Gasteiger partial charge in [-0.05, 0) is 12.8 Å². The molecule has 0 radical (unpaired) electrons. The number of hydrogen-bond acceptors (Lipinski definition) is 4. The third-order valence-corrected chi connectivity index (χ3v) is 2.80. The molecule has 1 atom stereocenters. The van der Waals surface area contributed by atoms with Gasteiger partial charge in [-0.15, -0.1) is 0 Å². The molecule has 0 spiro atoms. The van der Waals surface area contributed by atoms with Gasteiger partial charge in [0.2, 0.25) is 5.76 Å². The van der Waals surface area contributed by atoms with E-state index in [-0.39, 0.29) is 11.7 Å². The number of alkyl halides is 3. The summed E-state index contributed by atoms with van der Waals surface area (Å²) in [4.78, 5) is 26.4. The molecule has 1 aliphatic rings. The van der Waals surface area contributed by atoms with Crippen molar-refractivity contribution in [1.82, 2.24) is 10.3 Å². The van der Waals surface area contributed by atoms with Crippen molar-refractivity contribution in [3.63, 3.8) is 0 Å². The fraction of sp³-hybridized carbons (Fsp3) is 0.545. The van der Waals surface area contributed by atoms with E-state index in [2.05, 4.69) is 4.98 Å². The Balaban J connectivity index is 2.08. The number of oxazole rings is 1. The number of carbonyl (C=O) groups is 2. The average Bonchev–Trinajstić information content (AvgIpc) is 3.04. The number of halogens is 3. The maximum Gasteiger partial charge on any atom is 0.391 e. The highest BCUT2D eigenvalue weighted by Crippen LogP contribution is 2.40. The van der Waals surface area contributed by atoms with Crippen LogP contribution >= 0.6 is 0 Å². The number of nitrogens with one attached hydrogen (secondary N) is 1. The van der Waals surface area contributed by atoms with Gasteiger partial charge in [0.05, 0.1) is 12.1 Å². The van der Waals surface area contributed by atoms with E-state index in [1.54, 1.807) is 5.32 Å². The first-order valence-electron chi connectivity index (χ1n) is 5.81. The molecule has 1 amide bonds. The summed E-state index contributed by atoms with van der Waals surface area (Å²) in [7, 11) is 0. The van der Waals surface area contributed by atoms with Crippen LogP contribution in [0.25, 0.3) is 0 Å². The molecule has 0 aliphatic heterocycles. The number of aromatic nitrogens is 1. The van der Waals surface area contributed by atoms with Crippen LogP contribution < -0.4 is 5.32 Å². The Morgan fingerprint density at radius 3 is 2.65 bits per heavy atom. The average molecular weight is 292 g/mol. The van der Waals surface area contributed by atoms with Gasteiger partial charge in [-0.3, -0.25) is 4.79 Å². The van der Waals surface area contributed by atoms with Gasteiger partial charge in [0, 0.05) is 5.92 Å². The summed E-state index contributed by atoms with van der Waals surface area (Å²) in [6, 6.07) is -2.06. The Kier molecular flexibility index (Phi) is 3.69. The monoisotopic (exact) mass is 292 g/mol. The Hall–Kier alpha value is -2.06. The molecule has 0 bridgehead atoms. The Morgan fingerprint density at radius 2 is 2.15 bits per heavy atom. The molecule has 0 saturated heterocycles. The van der Waals surface area contributed by atoms with E-state index in [4.69, 9.17) is 9.52 Å². The largest absolute Gasteiger partial charge is 0.480 e. The predicted molar refractivity (Wildman–Crippen MR) is 58.0 cm³/mol. The van der Waals surface area contributed by atoms with Crippen LogP contribution in [-0.4, -0.2) is 34.2 Å². The molecular formula is C11H11F3N2O4. The SMILES string of the molecule is O=C(NC(CC(F)(F)F)C(=O)O)c1ocnc1C1CC1. The summed E-state index contributed by atoms with van der Waals surface area (Å²) in [5.74, 6) is -2.93. The third-order valence-electron chi connectivity index (χ3n) is 2.80. The van der Waals surface area contributed by atoms with Crippen molar-refractivity contribution >= 4 is 11.9 Å². The van der Waals surface area contributed by atoms with Crippen molar-refractivity contribution in [2.24, 2.45) is 0 Å². The molecule has 110 valence electrons. The molecule has 2 N–H and O–H groups in total. The van der Waals surface area contributed by atoms with Crippen molar-refractivity contribution in [3.8, 4) is 0 Å². The molecule has 1 aromatic rings. The lowest BCUT2D eigenvalue weighted by molar-refractivity contribution is -0.157. The smallest absolute Gasteiger partial charge is 0.391 e. The summed E-state index contributed by atoms with van der Waals surface area (Å²) in [5, 5.41) is 10.5. The van der Waals surface area contributed by atoms with Crippen molar-refractivity contribution in [1.29, 1.82) is 0 Å². The lowest BCUT2D eigenvalue weighted by Crippen LogP contribution is -2.43. The maximum atomic E-state index is 12.2. The second-order valence-corrected chi connectivity index (χ2v) is 4.52. The Morgan fingerprint density at radius 1 is 1.50 bits per heavy atom. The lowest BCUT2D eigenvalue weighted by atomic mass is 10.2. The summed E-state index contributed by atoms with van der Waals surface area (Å²) >= 11 is 0. The highest BCUT2D eigenvalue weighted by molar-refractivity contribution is 5.95. The Labute approximate surface area is 111 Å². The van der Waals surface area contributed by atoms with E-state index in [1.165, 1.54) is 0 Å². The molecule has 20 heavy (non-hydrogen) atoms. The minimum atomic E-state index is -4.70. The van der Waals surface area contributed by atoms with Crippen LogP contribution in [0.3, 0.4) is 0 Å². The van der Waals surface area contributed by atoms with Crippen molar-refractivity contribution < 1.29 is 32.3 Å². The summed E-state index contributed by atoms with van der Waals surface area (Å²) in [5.41, 5.74) is 0.360. The van der Waals surface area contributed by atoms with Gasteiger partial charge in [-0.2, -0.15) is 13.2 Å². The van der Waals surface area contributed by atoms with Gasteiger partial charge in [0.15, 0.2) is 6.39 Å². The van der Waals surface area contributed by atoms with Crippen molar-refractivity contribution in [2.75, 3.05) is 0 Å². The second-order valence-electron chi connectivity index (χ2n) is 4.52. The maximum absolute atomic E-state index is 12.2. The van der Waals surface area contributed by atoms with Crippen LogP contribution in [0.2, 0.25) is 0 Å². The van der Waals surface area contributed by atoms with Gasteiger partial charge < -0.3 is 14.8 Å². The number of nitrogens with zero attached hydrogens (tertiary/aromatic N) is 1. The zero-order valence-electron chi connectivity index (χ0n) is 10.1. The normalized spacial score (nSPS) is 16.8. The van der Waals surface area contributed by atoms with E-state index < -0.39 is 30.5 Å². The topological polar surface area (TPSA) is 92.4 Å². The minimum Gasteiger partial charge on any atom is -0.480 e. The van der Waals surface area contributed by atoms with Crippen LogP contribution in [0.15, 0.2) is 10.8 Å². The number of aliphatic carboxylic acids is 1. The number of carboxylic acid groups (broad SMARTS) is 1. The molecule has 1 saturated carbocycles. The highest BCUT2D eigenvalue weighted by atomic mass is 19.4. The number of hydrogen-bond donors (Lipinski definition) is 2. The standard InChI is InChI=1S/C11H11F3N2O4/c12-11(13,14)3-6(10(18)19)16-9(17)8-7(5-1-2-5)15-4-20-8/h4-6H,1-3H2,(H,16,17)(H,18,19). The number of rotatable bonds is 5. The molecule has 1 aliphatic carbocycles. The zero-order chi connectivity index (χ0) is 14.9. The Bertz CT molecular complexity index is 522. The fourth-order valence-corrected chi connectivity index (χ4v) is 1.73. The van der Waals surface area contributed by atoms with Crippen molar-refractivity contribution in [2.45, 2.75) is 37.4 Å². The molecule has 1 unspecified atom stereocenters. The quantitative estimate of drug-likeness (QED) is 0.861. The van der Waals surface area contributed by atoms with E-state index in [0.717, 1.165) is 19.2 Å². The van der Waals surface area contributed by atoms with Gasteiger partial charge in [0.25, 0.3) is 5.91 Å². The second kappa shape index (κ2) is 5.14. The number of amides is 1. The molecular weight excluding hydrogens is 281 g/mol. The first-order chi connectivity index (χ1) is 9.28. The van der Waals surface area contributed by atoms with Gasteiger partial charge in [0.1, 0.15) is 6.04 Å². The highest BCUT2D eigenvalue weighted by Gasteiger charge is 2.38.